The van der Waals surface area contributed by atoms with Crippen LogP contribution >= 0.6 is 0 Å². The van der Waals surface area contributed by atoms with Crippen LogP contribution in [0.3, 0.4) is 0 Å². The van der Waals surface area contributed by atoms with Gasteiger partial charge in [-0.1, -0.05) is 0 Å². The normalized spacial score (nSPS) is 26.0. The summed E-state index contributed by atoms with van der Waals surface area (Å²) in [6.07, 6.45) is -11.0. The lowest BCUT2D eigenvalue weighted by molar-refractivity contribution is -0.263. The average Bonchev–Trinajstić information content (AvgIpc) is 2.91. The summed E-state index contributed by atoms with van der Waals surface area (Å²) < 4.78 is 21.9. The molecule has 2 heterocycles. The lowest BCUT2D eigenvalue weighted by atomic mass is 9.69. The summed E-state index contributed by atoms with van der Waals surface area (Å²) in [6, 6.07) is 4.31. The van der Waals surface area contributed by atoms with E-state index >= 15 is 0 Å². The third-order valence-corrected chi connectivity index (χ3v) is 7.22. The van der Waals surface area contributed by atoms with Crippen molar-refractivity contribution in [1.82, 2.24) is 0 Å². The summed E-state index contributed by atoms with van der Waals surface area (Å²) in [5.74, 6) is -4.28. The molecule has 1 aliphatic heterocycles. The SMILES string of the molecule is COc1cc(-c2oc3cc(O)cc(O)c3c(=O)c2C2O[C@H](C3(O)C(=O)CC3=O)[C@@H](O)[C@H](O)[C@H]2O)cc(OC)c1O. The Morgan fingerprint density at radius 1 is 0.875 bits per heavy atom. The molecule has 212 valence electrons. The van der Waals surface area contributed by atoms with Crippen molar-refractivity contribution in [2.45, 2.75) is 42.5 Å². The molecule has 3 aromatic rings. The molecular weight excluding hydrogens is 536 g/mol. The number of hydrogen-bond donors (Lipinski definition) is 7. The molecule has 5 atom stereocenters. The molecule has 2 aliphatic rings. The molecule has 2 aromatic carbocycles. The zero-order valence-corrected chi connectivity index (χ0v) is 20.9. The van der Waals surface area contributed by atoms with Crippen molar-refractivity contribution in [3.63, 3.8) is 0 Å². The molecule has 0 bridgehead atoms. The second-order valence-electron chi connectivity index (χ2n) is 9.48. The summed E-state index contributed by atoms with van der Waals surface area (Å²) in [7, 11) is 2.46. The first-order valence-electron chi connectivity index (χ1n) is 11.8. The van der Waals surface area contributed by atoms with Gasteiger partial charge in [0.25, 0.3) is 0 Å². The molecule has 1 saturated heterocycles. The first-order chi connectivity index (χ1) is 18.8. The van der Waals surface area contributed by atoms with Crippen LogP contribution in [0.1, 0.15) is 18.1 Å². The minimum atomic E-state index is -2.85. The van der Waals surface area contributed by atoms with E-state index in [1.807, 2.05) is 0 Å². The summed E-state index contributed by atoms with van der Waals surface area (Å²) in [5.41, 5.74) is -4.81. The summed E-state index contributed by atoms with van der Waals surface area (Å²) in [6.45, 7) is 0. The molecule has 40 heavy (non-hydrogen) atoms. The van der Waals surface area contributed by atoms with Gasteiger partial charge in [0.1, 0.15) is 58.7 Å². The van der Waals surface area contributed by atoms with Crippen molar-refractivity contribution in [1.29, 1.82) is 0 Å². The van der Waals surface area contributed by atoms with Crippen molar-refractivity contribution in [3.05, 3.63) is 40.1 Å². The van der Waals surface area contributed by atoms with Crippen molar-refractivity contribution < 1.29 is 64.0 Å². The molecule has 1 aliphatic carbocycles. The number of methoxy groups -OCH3 is 2. The van der Waals surface area contributed by atoms with Crippen LogP contribution in [0, 0.1) is 0 Å². The van der Waals surface area contributed by atoms with Crippen molar-refractivity contribution in [3.8, 4) is 40.1 Å². The molecule has 14 nitrogen and oxygen atoms in total. The minimum absolute atomic E-state index is 0.0224. The topological polar surface area (TPSA) is 234 Å². The molecular formula is C26H24O14. The first-order valence-corrected chi connectivity index (χ1v) is 11.8. The molecule has 0 spiro atoms. The number of rotatable bonds is 5. The maximum Gasteiger partial charge on any atom is 0.211 e. The van der Waals surface area contributed by atoms with Gasteiger partial charge in [0.2, 0.25) is 16.8 Å². The van der Waals surface area contributed by atoms with E-state index in [1.54, 1.807) is 0 Å². The van der Waals surface area contributed by atoms with Gasteiger partial charge in [-0.2, -0.15) is 0 Å². The quantitative estimate of drug-likeness (QED) is 0.193. The van der Waals surface area contributed by atoms with Gasteiger partial charge < -0.3 is 54.4 Å². The fraction of sp³-hybridized carbons (Fsp3) is 0.346. The van der Waals surface area contributed by atoms with Crippen molar-refractivity contribution in [2.75, 3.05) is 14.2 Å². The number of fused-ring (bicyclic) bond motifs is 1. The fourth-order valence-corrected chi connectivity index (χ4v) is 5.04. The third kappa shape index (κ3) is 3.80. The largest absolute Gasteiger partial charge is 0.508 e. The number of carbonyl (C=O) groups is 2. The summed E-state index contributed by atoms with van der Waals surface area (Å²) >= 11 is 0. The third-order valence-electron chi connectivity index (χ3n) is 7.22. The van der Waals surface area contributed by atoms with Crippen LogP contribution in [0.4, 0.5) is 0 Å². The number of benzene rings is 2. The highest BCUT2D eigenvalue weighted by Gasteiger charge is 2.65. The highest BCUT2D eigenvalue weighted by Crippen LogP contribution is 2.46. The van der Waals surface area contributed by atoms with Crippen LogP contribution in [-0.2, 0) is 14.3 Å². The van der Waals surface area contributed by atoms with Crippen LogP contribution in [0.5, 0.6) is 28.7 Å². The van der Waals surface area contributed by atoms with Crippen LogP contribution < -0.4 is 14.9 Å². The monoisotopic (exact) mass is 560 g/mol. The number of aliphatic hydroxyl groups excluding tert-OH is 3. The Labute approximate surface area is 223 Å². The number of hydrogen-bond acceptors (Lipinski definition) is 14. The van der Waals surface area contributed by atoms with Gasteiger partial charge in [-0.25, -0.2) is 0 Å². The van der Waals surface area contributed by atoms with Crippen molar-refractivity contribution in [2.24, 2.45) is 0 Å². The zero-order valence-electron chi connectivity index (χ0n) is 20.9. The fourth-order valence-electron chi connectivity index (χ4n) is 5.04. The van der Waals surface area contributed by atoms with E-state index < -0.39 is 93.5 Å². The van der Waals surface area contributed by atoms with Gasteiger partial charge >= 0.3 is 0 Å². The number of aromatic hydroxyl groups is 3. The number of Topliss-reactive ketones (excluding diaryl/α,β-unsaturated/α-hetero) is 2. The highest BCUT2D eigenvalue weighted by molar-refractivity contribution is 6.28. The number of phenols is 3. The Morgan fingerprint density at radius 2 is 1.48 bits per heavy atom. The number of phenolic OH excluding ortho intramolecular Hbond substituents is 3. The van der Waals surface area contributed by atoms with Gasteiger partial charge in [-0.3, -0.25) is 14.4 Å². The standard InChI is InChI=1S/C26H24O14/c1-37-12-3-8(4-13(38-2)18(12)31)23-17(19(32)16-10(28)5-9(27)6-11(16)39-23)24-21(34)20(33)22(35)25(40-24)26(36)14(29)7-15(26)30/h3-6,20-22,24-25,27-28,31,33-36H,7H2,1-2H3/t20-,21-,22+,24?,25+/m1/s1. The molecule has 0 amide bonds. The van der Waals surface area contributed by atoms with Crippen LogP contribution in [0.2, 0.25) is 0 Å². The minimum Gasteiger partial charge on any atom is -0.508 e. The van der Waals surface area contributed by atoms with E-state index in [4.69, 9.17) is 18.6 Å². The van der Waals surface area contributed by atoms with E-state index in [-0.39, 0.29) is 22.6 Å². The molecule has 7 N–H and O–H groups in total. The maximum atomic E-state index is 13.9. The van der Waals surface area contributed by atoms with E-state index in [2.05, 4.69) is 0 Å². The second-order valence-corrected chi connectivity index (χ2v) is 9.48. The summed E-state index contributed by atoms with van der Waals surface area (Å²) in [5, 5.41) is 73.3. The van der Waals surface area contributed by atoms with Crippen LogP contribution in [0.25, 0.3) is 22.3 Å². The van der Waals surface area contributed by atoms with E-state index in [9.17, 15) is 50.1 Å². The number of aliphatic hydroxyl groups is 4. The van der Waals surface area contributed by atoms with E-state index in [0.717, 1.165) is 12.1 Å². The van der Waals surface area contributed by atoms with E-state index in [1.165, 1.54) is 26.4 Å². The Kier molecular flexibility index (Phi) is 6.47. The number of ketones is 2. The van der Waals surface area contributed by atoms with Gasteiger partial charge in [-0.15, -0.1) is 0 Å². The molecule has 14 heteroatoms. The number of ether oxygens (including phenoxy) is 3. The predicted octanol–water partition coefficient (Wildman–Crippen LogP) is -0.610. The van der Waals surface area contributed by atoms with E-state index in [0.29, 0.717) is 0 Å². The molecule has 2 fully saturated rings. The Balaban J connectivity index is 1.81. The van der Waals surface area contributed by atoms with Crippen LogP contribution in [0.15, 0.2) is 33.5 Å². The molecule has 1 aromatic heterocycles. The lowest BCUT2D eigenvalue weighted by Gasteiger charge is -2.48. The van der Waals surface area contributed by atoms with Crippen molar-refractivity contribution >= 4 is 22.5 Å². The smallest absolute Gasteiger partial charge is 0.211 e. The predicted molar refractivity (Wildman–Crippen MR) is 131 cm³/mol. The zero-order chi connectivity index (χ0) is 29.3. The molecule has 1 saturated carbocycles. The van der Waals surface area contributed by atoms with Gasteiger partial charge in [-0.05, 0) is 12.1 Å². The Hall–Kier alpha value is -4.21. The highest BCUT2D eigenvalue weighted by atomic mass is 16.6. The number of carbonyl (C=O) groups excluding carboxylic acids is 2. The van der Waals surface area contributed by atoms with Crippen LogP contribution in [-0.4, -0.2) is 91.5 Å². The van der Waals surface area contributed by atoms with Gasteiger partial charge in [0, 0.05) is 17.7 Å². The molecule has 1 unspecified atom stereocenters. The average molecular weight is 560 g/mol. The Bertz CT molecular complexity index is 1570. The van der Waals surface area contributed by atoms with Gasteiger partial charge in [0.05, 0.1) is 26.2 Å². The maximum absolute atomic E-state index is 13.9. The molecule has 0 radical (unpaired) electrons. The second kappa shape index (κ2) is 9.46. The summed E-state index contributed by atoms with van der Waals surface area (Å²) in [4.78, 5) is 38.3. The Morgan fingerprint density at radius 3 is 2.02 bits per heavy atom. The lowest BCUT2D eigenvalue weighted by Crippen LogP contribution is -2.72. The molecule has 5 rings (SSSR count). The first kappa shape index (κ1) is 27.4. The van der Waals surface area contributed by atoms with Gasteiger partial charge in [0.15, 0.2) is 23.1 Å².